The molecule has 0 amide bonds. The summed E-state index contributed by atoms with van der Waals surface area (Å²) >= 11 is 0. The average molecular weight is 252 g/mol. The second-order valence-electron chi connectivity index (χ2n) is 5.49. The van der Waals surface area contributed by atoms with Gasteiger partial charge in [-0.25, -0.2) is 4.98 Å². The summed E-state index contributed by atoms with van der Waals surface area (Å²) in [7, 11) is 4.27. The lowest BCUT2D eigenvalue weighted by molar-refractivity contribution is 0.136. The average Bonchev–Trinajstić information content (AvgIpc) is 2.75. The molecule has 1 unspecified atom stereocenters. The summed E-state index contributed by atoms with van der Waals surface area (Å²) in [5, 5.41) is 3.60. The Bertz CT molecular complexity index is 354. The molecule has 0 radical (unpaired) electrons. The van der Waals surface area contributed by atoms with Gasteiger partial charge in [-0.15, -0.1) is 0 Å². The molecule has 4 nitrogen and oxygen atoms in total. The van der Waals surface area contributed by atoms with Crippen LogP contribution in [-0.4, -0.2) is 46.7 Å². The number of likely N-dealkylation sites (N-methyl/N-ethyl adjacent to an activating group) is 2. The smallest absolute Gasteiger partial charge is 0.110 e. The Balaban J connectivity index is 2.87. The van der Waals surface area contributed by atoms with Crippen LogP contribution in [-0.2, 0) is 13.0 Å². The highest BCUT2D eigenvalue weighted by molar-refractivity contribution is 5.01. The Labute approximate surface area is 111 Å². The third kappa shape index (κ3) is 3.33. The van der Waals surface area contributed by atoms with E-state index >= 15 is 0 Å². The first-order valence-corrected chi connectivity index (χ1v) is 6.84. The van der Waals surface area contributed by atoms with Gasteiger partial charge in [0, 0.05) is 36.9 Å². The minimum absolute atomic E-state index is 0.0977. The van der Waals surface area contributed by atoms with E-state index < -0.39 is 0 Å². The summed E-state index contributed by atoms with van der Waals surface area (Å²) in [4.78, 5) is 6.76. The van der Waals surface area contributed by atoms with Crippen LogP contribution in [0.25, 0.3) is 0 Å². The molecule has 0 aliphatic rings. The molecule has 0 saturated carbocycles. The zero-order valence-corrected chi connectivity index (χ0v) is 12.7. The first-order valence-electron chi connectivity index (χ1n) is 6.84. The third-order valence-corrected chi connectivity index (χ3v) is 3.99. The maximum Gasteiger partial charge on any atom is 0.110 e. The lowest BCUT2D eigenvalue weighted by Gasteiger charge is -2.40. The maximum atomic E-state index is 4.49. The highest BCUT2D eigenvalue weighted by Gasteiger charge is 2.31. The Kier molecular flexibility index (Phi) is 5.35. The highest BCUT2D eigenvalue weighted by Crippen LogP contribution is 2.19. The topological polar surface area (TPSA) is 33.1 Å². The van der Waals surface area contributed by atoms with Crippen molar-refractivity contribution in [1.82, 2.24) is 19.8 Å². The van der Waals surface area contributed by atoms with Crippen LogP contribution in [0.2, 0.25) is 0 Å². The van der Waals surface area contributed by atoms with Crippen molar-refractivity contribution < 1.29 is 0 Å². The van der Waals surface area contributed by atoms with Crippen molar-refractivity contribution >= 4 is 0 Å². The monoisotopic (exact) mass is 252 g/mol. The molecule has 104 valence electrons. The number of imidazole rings is 1. The van der Waals surface area contributed by atoms with Gasteiger partial charge in [0.05, 0.1) is 0 Å². The second-order valence-corrected chi connectivity index (χ2v) is 5.49. The minimum atomic E-state index is 0.0977. The number of aromatic nitrogens is 2. The molecule has 1 aromatic rings. The van der Waals surface area contributed by atoms with Crippen molar-refractivity contribution in [2.75, 3.05) is 20.6 Å². The zero-order chi connectivity index (χ0) is 13.8. The van der Waals surface area contributed by atoms with Crippen molar-refractivity contribution in [3.8, 4) is 0 Å². The molecular weight excluding hydrogens is 224 g/mol. The lowest BCUT2D eigenvalue weighted by Crippen LogP contribution is -2.56. The van der Waals surface area contributed by atoms with Crippen LogP contribution >= 0.6 is 0 Å². The maximum absolute atomic E-state index is 4.49. The summed E-state index contributed by atoms with van der Waals surface area (Å²) in [6.45, 7) is 10.8. The summed E-state index contributed by atoms with van der Waals surface area (Å²) in [6, 6.07) is 0.394. The highest BCUT2D eigenvalue weighted by atomic mass is 15.2. The molecule has 0 aromatic carbocycles. The number of aryl methyl sites for hydroxylation is 1. The molecule has 1 rings (SSSR count). The number of hydrogen-bond acceptors (Lipinski definition) is 3. The van der Waals surface area contributed by atoms with Crippen LogP contribution in [0.5, 0.6) is 0 Å². The van der Waals surface area contributed by atoms with Crippen LogP contribution in [0.4, 0.5) is 0 Å². The molecule has 0 bridgehead atoms. The van der Waals surface area contributed by atoms with Crippen molar-refractivity contribution in [1.29, 1.82) is 0 Å². The Morgan fingerprint density at radius 2 is 2.06 bits per heavy atom. The molecule has 0 fully saturated rings. The first kappa shape index (κ1) is 15.2. The van der Waals surface area contributed by atoms with Crippen LogP contribution in [0.3, 0.4) is 0 Å². The van der Waals surface area contributed by atoms with E-state index in [4.69, 9.17) is 0 Å². The molecular formula is C14H28N4. The van der Waals surface area contributed by atoms with Gasteiger partial charge < -0.3 is 14.8 Å². The van der Waals surface area contributed by atoms with Gasteiger partial charge in [-0.2, -0.15) is 0 Å². The fraction of sp³-hybridized carbons (Fsp3) is 0.786. The number of hydrogen-bond donors (Lipinski definition) is 1. The van der Waals surface area contributed by atoms with Crippen LogP contribution in [0.15, 0.2) is 12.4 Å². The Hall–Kier alpha value is -0.870. The van der Waals surface area contributed by atoms with Crippen molar-refractivity contribution in [2.24, 2.45) is 0 Å². The lowest BCUT2D eigenvalue weighted by atomic mass is 9.90. The number of rotatable bonds is 7. The fourth-order valence-electron chi connectivity index (χ4n) is 2.13. The predicted molar refractivity (Wildman–Crippen MR) is 76.8 cm³/mol. The van der Waals surface area contributed by atoms with E-state index in [9.17, 15) is 0 Å². The quantitative estimate of drug-likeness (QED) is 0.803. The van der Waals surface area contributed by atoms with E-state index in [0.29, 0.717) is 6.04 Å². The van der Waals surface area contributed by atoms with Gasteiger partial charge in [-0.3, -0.25) is 0 Å². The van der Waals surface area contributed by atoms with E-state index in [0.717, 1.165) is 19.5 Å². The third-order valence-electron chi connectivity index (χ3n) is 3.99. The second kappa shape index (κ2) is 6.34. The SMILES string of the molecule is CCNC(Cc1nccn1CC)C(C)(C)N(C)C. The minimum Gasteiger partial charge on any atom is -0.335 e. The van der Waals surface area contributed by atoms with E-state index in [1.54, 1.807) is 0 Å². The molecule has 0 aliphatic carbocycles. The normalized spacial score (nSPS) is 14.2. The van der Waals surface area contributed by atoms with E-state index in [-0.39, 0.29) is 5.54 Å². The summed E-state index contributed by atoms with van der Waals surface area (Å²) < 4.78 is 2.22. The molecule has 1 aromatic heterocycles. The van der Waals surface area contributed by atoms with Crippen LogP contribution in [0.1, 0.15) is 33.5 Å². The summed E-state index contributed by atoms with van der Waals surface area (Å²) in [6.07, 6.45) is 4.91. The van der Waals surface area contributed by atoms with Gasteiger partial charge >= 0.3 is 0 Å². The van der Waals surface area contributed by atoms with E-state index in [1.165, 1.54) is 5.82 Å². The Morgan fingerprint density at radius 3 is 2.56 bits per heavy atom. The largest absolute Gasteiger partial charge is 0.335 e. The summed E-state index contributed by atoms with van der Waals surface area (Å²) in [5.41, 5.74) is 0.0977. The fourth-order valence-corrected chi connectivity index (χ4v) is 2.13. The van der Waals surface area contributed by atoms with Gasteiger partial charge in [0.2, 0.25) is 0 Å². The predicted octanol–water partition coefficient (Wildman–Crippen LogP) is 1.76. The molecule has 1 N–H and O–H groups in total. The van der Waals surface area contributed by atoms with Gasteiger partial charge in [-0.05, 0) is 41.4 Å². The van der Waals surface area contributed by atoms with Gasteiger partial charge in [0.25, 0.3) is 0 Å². The molecule has 0 saturated heterocycles. The summed E-state index contributed by atoms with van der Waals surface area (Å²) in [5.74, 6) is 1.17. The van der Waals surface area contributed by atoms with Gasteiger partial charge in [-0.1, -0.05) is 6.92 Å². The van der Waals surface area contributed by atoms with E-state index in [1.807, 2.05) is 6.20 Å². The molecule has 4 heteroatoms. The standard InChI is InChI=1S/C14H28N4/c1-7-15-12(14(3,4)17(5)6)11-13-16-9-10-18(13)8-2/h9-10,12,15H,7-8,11H2,1-6H3. The first-order chi connectivity index (χ1) is 8.43. The van der Waals surface area contributed by atoms with Crippen molar-refractivity contribution in [2.45, 2.75) is 52.2 Å². The molecule has 1 atom stereocenters. The number of nitrogens with one attached hydrogen (secondary N) is 1. The zero-order valence-electron chi connectivity index (χ0n) is 12.7. The van der Waals surface area contributed by atoms with Crippen molar-refractivity contribution in [3.63, 3.8) is 0 Å². The molecule has 1 heterocycles. The molecule has 0 spiro atoms. The van der Waals surface area contributed by atoms with Crippen LogP contribution < -0.4 is 5.32 Å². The van der Waals surface area contributed by atoms with E-state index in [2.05, 4.69) is 67.8 Å². The van der Waals surface area contributed by atoms with Crippen LogP contribution in [0, 0.1) is 0 Å². The van der Waals surface area contributed by atoms with Gasteiger partial charge in [0.1, 0.15) is 5.82 Å². The molecule has 18 heavy (non-hydrogen) atoms. The van der Waals surface area contributed by atoms with Crippen molar-refractivity contribution in [3.05, 3.63) is 18.2 Å². The number of nitrogens with zero attached hydrogens (tertiary/aromatic N) is 3. The molecule has 0 aliphatic heterocycles. The Morgan fingerprint density at radius 1 is 1.39 bits per heavy atom. The van der Waals surface area contributed by atoms with Gasteiger partial charge in [0.15, 0.2) is 0 Å².